The van der Waals surface area contributed by atoms with Crippen molar-refractivity contribution in [2.45, 2.75) is 12.5 Å². The van der Waals surface area contributed by atoms with E-state index in [4.69, 9.17) is 16.3 Å². The van der Waals surface area contributed by atoms with Gasteiger partial charge in [0.1, 0.15) is 5.75 Å². The molecule has 1 aliphatic rings. The Hall–Kier alpha value is -3.31. The lowest BCUT2D eigenvalue weighted by molar-refractivity contribution is -0.125. The molecule has 0 aromatic heterocycles. The third-order valence-corrected chi connectivity index (χ3v) is 6.23. The zero-order valence-electron chi connectivity index (χ0n) is 17.8. The number of carbonyl (C=O) groups excluding carboxylic acids is 2. The van der Waals surface area contributed by atoms with Crippen LogP contribution in [0.4, 0.5) is 0 Å². The molecule has 3 aromatic rings. The highest BCUT2D eigenvalue weighted by Gasteiger charge is 2.40. The highest BCUT2D eigenvalue weighted by Crippen LogP contribution is 2.35. The van der Waals surface area contributed by atoms with E-state index in [1.807, 2.05) is 54.6 Å². The minimum atomic E-state index is -0.362. The molecule has 4 rings (SSSR count). The summed E-state index contributed by atoms with van der Waals surface area (Å²) in [4.78, 5) is 28.1. The number of methoxy groups -OCH3 is 1. The van der Waals surface area contributed by atoms with E-state index in [9.17, 15) is 9.59 Å². The van der Waals surface area contributed by atoms with Crippen LogP contribution in [-0.4, -0.2) is 36.9 Å². The first kappa shape index (κ1) is 21.9. The molecule has 0 bridgehead atoms. The van der Waals surface area contributed by atoms with Gasteiger partial charge in [-0.3, -0.25) is 9.59 Å². The maximum atomic E-state index is 13.2. The number of halogens is 1. The zero-order chi connectivity index (χ0) is 22.5. The van der Waals surface area contributed by atoms with Gasteiger partial charge in [0.2, 0.25) is 5.91 Å². The number of rotatable bonds is 6. The molecular formula is C26H25ClN2O3. The van der Waals surface area contributed by atoms with E-state index in [0.717, 1.165) is 16.9 Å². The molecule has 1 N–H and O–H groups in total. The Labute approximate surface area is 193 Å². The molecule has 0 aliphatic carbocycles. The number of hydrogen-bond donors (Lipinski definition) is 1. The fraction of sp³-hybridized carbons (Fsp3) is 0.231. The average Bonchev–Trinajstić information content (AvgIpc) is 3.29. The third-order valence-electron chi connectivity index (χ3n) is 5.90. The van der Waals surface area contributed by atoms with Gasteiger partial charge in [-0.1, -0.05) is 66.2 Å². The van der Waals surface area contributed by atoms with Crippen LogP contribution >= 0.6 is 11.6 Å². The number of carbonyl (C=O) groups is 2. The Morgan fingerprint density at radius 2 is 1.66 bits per heavy atom. The molecule has 2 amide bonds. The topological polar surface area (TPSA) is 58.6 Å². The third kappa shape index (κ3) is 4.78. The van der Waals surface area contributed by atoms with Crippen LogP contribution in [0.1, 0.15) is 27.4 Å². The number of nitrogens with one attached hydrogen (secondary N) is 1. The molecule has 32 heavy (non-hydrogen) atoms. The molecule has 1 aliphatic heterocycles. The molecule has 0 unspecified atom stereocenters. The fourth-order valence-electron chi connectivity index (χ4n) is 4.15. The van der Waals surface area contributed by atoms with Crippen molar-refractivity contribution in [2.75, 3.05) is 20.2 Å². The molecule has 3 aromatic carbocycles. The normalized spacial score (nSPS) is 17.8. The van der Waals surface area contributed by atoms with Crippen LogP contribution in [0, 0.1) is 5.92 Å². The van der Waals surface area contributed by atoms with Crippen LogP contribution in [-0.2, 0) is 11.3 Å². The van der Waals surface area contributed by atoms with Gasteiger partial charge < -0.3 is 15.0 Å². The van der Waals surface area contributed by atoms with Crippen molar-refractivity contribution in [2.24, 2.45) is 5.92 Å². The van der Waals surface area contributed by atoms with Gasteiger partial charge in [-0.25, -0.2) is 0 Å². The monoisotopic (exact) mass is 448 g/mol. The van der Waals surface area contributed by atoms with E-state index in [-0.39, 0.29) is 23.7 Å². The van der Waals surface area contributed by atoms with Gasteiger partial charge in [0.05, 0.1) is 23.6 Å². The van der Waals surface area contributed by atoms with Crippen molar-refractivity contribution in [1.29, 1.82) is 0 Å². The fourth-order valence-corrected chi connectivity index (χ4v) is 4.36. The smallest absolute Gasteiger partial charge is 0.255 e. The Kier molecular flexibility index (Phi) is 6.76. The summed E-state index contributed by atoms with van der Waals surface area (Å²) in [5.74, 6) is 0.0408. The molecular weight excluding hydrogens is 424 g/mol. The minimum absolute atomic E-state index is 0.0656. The van der Waals surface area contributed by atoms with Crippen LogP contribution in [0.5, 0.6) is 5.75 Å². The Balaban J connectivity index is 1.56. The number of nitrogens with zero attached hydrogens (tertiary/aromatic N) is 1. The van der Waals surface area contributed by atoms with Crippen LogP contribution in [0.3, 0.4) is 0 Å². The Morgan fingerprint density at radius 3 is 2.34 bits per heavy atom. The predicted octanol–water partition coefficient (Wildman–Crippen LogP) is 4.52. The van der Waals surface area contributed by atoms with Gasteiger partial charge in [0, 0.05) is 25.6 Å². The van der Waals surface area contributed by atoms with E-state index < -0.39 is 0 Å². The molecule has 0 spiro atoms. The second-order valence-electron chi connectivity index (χ2n) is 7.88. The van der Waals surface area contributed by atoms with E-state index in [1.165, 1.54) is 0 Å². The summed E-state index contributed by atoms with van der Waals surface area (Å²) in [6.07, 6.45) is 0. The highest BCUT2D eigenvalue weighted by atomic mass is 35.5. The quantitative estimate of drug-likeness (QED) is 0.603. The van der Waals surface area contributed by atoms with Gasteiger partial charge in [0.25, 0.3) is 5.91 Å². The van der Waals surface area contributed by atoms with Gasteiger partial charge >= 0.3 is 0 Å². The van der Waals surface area contributed by atoms with E-state index in [0.29, 0.717) is 30.2 Å². The van der Waals surface area contributed by atoms with Crippen molar-refractivity contribution in [3.63, 3.8) is 0 Å². The number of amides is 2. The van der Waals surface area contributed by atoms with Crippen molar-refractivity contribution < 1.29 is 14.3 Å². The van der Waals surface area contributed by atoms with Crippen LogP contribution in [0.2, 0.25) is 5.02 Å². The lowest BCUT2D eigenvalue weighted by atomic mass is 9.88. The summed E-state index contributed by atoms with van der Waals surface area (Å²) in [5.41, 5.74) is 2.48. The Morgan fingerprint density at radius 1 is 0.969 bits per heavy atom. The van der Waals surface area contributed by atoms with Crippen LogP contribution in [0.15, 0.2) is 78.9 Å². The number of likely N-dealkylation sites (tertiary alicyclic amines) is 1. The summed E-state index contributed by atoms with van der Waals surface area (Å²) in [6, 6.07) is 24.5. The molecule has 164 valence electrons. The maximum absolute atomic E-state index is 13.2. The predicted molar refractivity (Wildman–Crippen MR) is 125 cm³/mol. The van der Waals surface area contributed by atoms with Gasteiger partial charge in [-0.05, 0) is 35.4 Å². The number of benzene rings is 3. The van der Waals surface area contributed by atoms with E-state index >= 15 is 0 Å². The lowest BCUT2D eigenvalue weighted by Crippen LogP contribution is -2.35. The van der Waals surface area contributed by atoms with Crippen molar-refractivity contribution in [3.8, 4) is 5.75 Å². The standard InChI is InChI=1S/C26H25ClN2O3/c1-32-20-13-11-19(12-14-20)22-16-29(26(31)21-9-5-6-10-24(21)27)17-23(22)25(30)28-15-18-7-3-2-4-8-18/h2-14,22-23H,15-17H2,1H3,(H,28,30)/t22-,23+/m1/s1. The first-order valence-electron chi connectivity index (χ1n) is 10.6. The van der Waals surface area contributed by atoms with Crippen LogP contribution in [0.25, 0.3) is 0 Å². The molecule has 0 radical (unpaired) electrons. The summed E-state index contributed by atoms with van der Waals surface area (Å²) < 4.78 is 5.27. The lowest BCUT2D eigenvalue weighted by Gasteiger charge is -2.18. The number of hydrogen-bond acceptors (Lipinski definition) is 3. The maximum Gasteiger partial charge on any atom is 0.255 e. The Bertz CT molecular complexity index is 1090. The SMILES string of the molecule is COc1ccc([C@H]2CN(C(=O)c3ccccc3Cl)C[C@@H]2C(=O)NCc2ccccc2)cc1. The molecule has 1 heterocycles. The average molecular weight is 449 g/mol. The van der Waals surface area contributed by atoms with Crippen LogP contribution < -0.4 is 10.1 Å². The summed E-state index contributed by atoms with van der Waals surface area (Å²) >= 11 is 6.26. The second kappa shape index (κ2) is 9.88. The molecule has 6 heteroatoms. The molecule has 5 nitrogen and oxygen atoms in total. The molecule has 1 fully saturated rings. The minimum Gasteiger partial charge on any atom is -0.497 e. The van der Waals surface area contributed by atoms with Crippen molar-refractivity contribution in [1.82, 2.24) is 10.2 Å². The first-order valence-corrected chi connectivity index (χ1v) is 10.9. The largest absolute Gasteiger partial charge is 0.497 e. The number of ether oxygens (including phenoxy) is 1. The van der Waals surface area contributed by atoms with Gasteiger partial charge in [-0.15, -0.1) is 0 Å². The highest BCUT2D eigenvalue weighted by molar-refractivity contribution is 6.33. The van der Waals surface area contributed by atoms with Gasteiger partial charge in [-0.2, -0.15) is 0 Å². The van der Waals surface area contributed by atoms with Crippen molar-refractivity contribution >= 4 is 23.4 Å². The summed E-state index contributed by atoms with van der Waals surface area (Å²) in [5, 5.41) is 3.46. The first-order chi connectivity index (χ1) is 15.6. The zero-order valence-corrected chi connectivity index (χ0v) is 18.6. The van der Waals surface area contributed by atoms with E-state index in [1.54, 1.807) is 36.3 Å². The van der Waals surface area contributed by atoms with Gasteiger partial charge in [0.15, 0.2) is 0 Å². The van der Waals surface area contributed by atoms with E-state index in [2.05, 4.69) is 5.32 Å². The summed E-state index contributed by atoms with van der Waals surface area (Å²) in [6.45, 7) is 1.23. The van der Waals surface area contributed by atoms with Crippen molar-refractivity contribution in [3.05, 3.63) is 101 Å². The molecule has 2 atom stereocenters. The molecule has 1 saturated heterocycles. The summed E-state index contributed by atoms with van der Waals surface area (Å²) in [7, 11) is 1.62. The molecule has 0 saturated carbocycles. The second-order valence-corrected chi connectivity index (χ2v) is 8.29.